The summed E-state index contributed by atoms with van der Waals surface area (Å²) in [6, 6.07) is 0.537. The highest BCUT2D eigenvalue weighted by Gasteiger charge is 2.09. The monoisotopic (exact) mass is 123 g/mol. The number of nitrogens with one attached hydrogen (secondary N) is 1. The van der Waals surface area contributed by atoms with Gasteiger partial charge in [0, 0.05) is 6.04 Å². The lowest BCUT2D eigenvalue weighted by Crippen LogP contribution is -2.29. The largest absolute Gasteiger partial charge is 0.313 e. The van der Waals surface area contributed by atoms with Crippen LogP contribution in [-0.2, 0) is 0 Å². The van der Waals surface area contributed by atoms with E-state index >= 15 is 0 Å². The van der Waals surface area contributed by atoms with Crippen LogP contribution in [0.1, 0.15) is 6.92 Å². The Bertz CT molecular complexity index is 136. The molecule has 0 aliphatic heterocycles. The van der Waals surface area contributed by atoms with Crippen LogP contribution in [0.5, 0.6) is 0 Å². The molecule has 0 bridgehead atoms. The summed E-state index contributed by atoms with van der Waals surface area (Å²) in [7, 11) is 1.99. The molecule has 1 nitrogen and oxygen atoms in total. The maximum atomic E-state index is 3.22. The molecular weight excluding hydrogens is 110 g/mol. The van der Waals surface area contributed by atoms with Crippen molar-refractivity contribution in [1.29, 1.82) is 0 Å². The average molecular weight is 123 g/mol. The van der Waals surface area contributed by atoms with Crippen LogP contribution in [0.4, 0.5) is 0 Å². The van der Waals surface area contributed by atoms with Crippen LogP contribution in [0, 0.1) is 5.92 Å². The standard InChI is InChI=1S/C8H13N/c1-7-5-3-4-6-8(7)9-2/h3-9H,1-2H3/t7-,8?/m0/s1. The summed E-state index contributed by atoms with van der Waals surface area (Å²) in [5.41, 5.74) is 0. The summed E-state index contributed by atoms with van der Waals surface area (Å²) < 4.78 is 0. The molecule has 1 unspecified atom stereocenters. The van der Waals surface area contributed by atoms with E-state index in [-0.39, 0.29) is 0 Å². The van der Waals surface area contributed by atoms with E-state index in [1.165, 1.54) is 0 Å². The van der Waals surface area contributed by atoms with Crippen LogP contribution in [0.3, 0.4) is 0 Å². The highest BCUT2D eigenvalue weighted by molar-refractivity contribution is 5.15. The van der Waals surface area contributed by atoms with E-state index in [9.17, 15) is 0 Å². The molecule has 0 radical (unpaired) electrons. The van der Waals surface area contributed by atoms with Crippen LogP contribution >= 0.6 is 0 Å². The van der Waals surface area contributed by atoms with Gasteiger partial charge in [-0.2, -0.15) is 0 Å². The normalized spacial score (nSPS) is 33.1. The number of rotatable bonds is 1. The third-order valence-electron chi connectivity index (χ3n) is 1.74. The summed E-state index contributed by atoms with van der Waals surface area (Å²) in [6.07, 6.45) is 8.57. The summed E-state index contributed by atoms with van der Waals surface area (Å²) >= 11 is 0. The molecule has 0 amide bonds. The third kappa shape index (κ3) is 1.42. The lowest BCUT2D eigenvalue weighted by Gasteiger charge is -2.18. The van der Waals surface area contributed by atoms with Crippen LogP contribution in [-0.4, -0.2) is 13.1 Å². The first-order valence-corrected chi connectivity index (χ1v) is 3.37. The van der Waals surface area contributed by atoms with Crippen LogP contribution in [0.15, 0.2) is 24.3 Å². The Hall–Kier alpha value is -0.560. The van der Waals surface area contributed by atoms with Crippen molar-refractivity contribution in [3.8, 4) is 0 Å². The van der Waals surface area contributed by atoms with Gasteiger partial charge in [-0.3, -0.25) is 0 Å². The van der Waals surface area contributed by atoms with Crippen molar-refractivity contribution in [2.75, 3.05) is 7.05 Å². The molecule has 1 aliphatic rings. The first-order valence-electron chi connectivity index (χ1n) is 3.37. The average Bonchev–Trinajstić information content (AvgIpc) is 1.89. The zero-order valence-corrected chi connectivity index (χ0v) is 5.96. The van der Waals surface area contributed by atoms with E-state index in [0.29, 0.717) is 12.0 Å². The molecule has 1 heteroatoms. The van der Waals surface area contributed by atoms with Gasteiger partial charge >= 0.3 is 0 Å². The van der Waals surface area contributed by atoms with Gasteiger partial charge in [0.15, 0.2) is 0 Å². The predicted molar refractivity (Wildman–Crippen MR) is 40.3 cm³/mol. The molecule has 0 heterocycles. The van der Waals surface area contributed by atoms with Crippen molar-refractivity contribution in [2.45, 2.75) is 13.0 Å². The van der Waals surface area contributed by atoms with Gasteiger partial charge in [0.25, 0.3) is 0 Å². The van der Waals surface area contributed by atoms with E-state index in [2.05, 4.69) is 36.5 Å². The molecule has 9 heavy (non-hydrogen) atoms. The van der Waals surface area contributed by atoms with E-state index in [1.807, 2.05) is 7.05 Å². The zero-order valence-electron chi connectivity index (χ0n) is 5.96. The third-order valence-corrected chi connectivity index (χ3v) is 1.74. The van der Waals surface area contributed by atoms with Gasteiger partial charge in [0.1, 0.15) is 0 Å². The van der Waals surface area contributed by atoms with Crippen molar-refractivity contribution in [3.63, 3.8) is 0 Å². The van der Waals surface area contributed by atoms with Gasteiger partial charge in [0.05, 0.1) is 0 Å². The maximum absolute atomic E-state index is 3.22. The Labute approximate surface area is 56.5 Å². The summed E-state index contributed by atoms with van der Waals surface area (Å²) in [4.78, 5) is 0. The topological polar surface area (TPSA) is 12.0 Å². The summed E-state index contributed by atoms with van der Waals surface area (Å²) in [5.74, 6) is 0.639. The Morgan fingerprint density at radius 2 is 1.89 bits per heavy atom. The molecule has 1 rings (SSSR count). The van der Waals surface area contributed by atoms with Gasteiger partial charge < -0.3 is 5.32 Å². The molecule has 50 valence electrons. The molecule has 0 aromatic carbocycles. The quantitative estimate of drug-likeness (QED) is 0.554. The smallest absolute Gasteiger partial charge is 0.0310 e. The van der Waals surface area contributed by atoms with E-state index < -0.39 is 0 Å². The number of allylic oxidation sites excluding steroid dienone is 2. The fraction of sp³-hybridized carbons (Fsp3) is 0.500. The van der Waals surface area contributed by atoms with E-state index in [1.54, 1.807) is 0 Å². The van der Waals surface area contributed by atoms with Crippen molar-refractivity contribution in [2.24, 2.45) is 5.92 Å². The lowest BCUT2D eigenvalue weighted by atomic mass is 9.98. The second-order valence-corrected chi connectivity index (χ2v) is 2.44. The SMILES string of the molecule is CNC1C=CC=C[C@@H]1C. The van der Waals surface area contributed by atoms with E-state index in [4.69, 9.17) is 0 Å². The van der Waals surface area contributed by atoms with Crippen molar-refractivity contribution < 1.29 is 0 Å². The van der Waals surface area contributed by atoms with Gasteiger partial charge in [-0.25, -0.2) is 0 Å². The Kier molecular flexibility index (Phi) is 2.06. The highest BCUT2D eigenvalue weighted by atomic mass is 14.9. The molecule has 0 aromatic rings. The zero-order chi connectivity index (χ0) is 6.69. The van der Waals surface area contributed by atoms with Crippen molar-refractivity contribution in [1.82, 2.24) is 5.32 Å². The summed E-state index contributed by atoms with van der Waals surface area (Å²) in [5, 5.41) is 3.22. The molecule has 2 atom stereocenters. The fourth-order valence-electron chi connectivity index (χ4n) is 1.08. The van der Waals surface area contributed by atoms with Gasteiger partial charge in [-0.05, 0) is 13.0 Å². The van der Waals surface area contributed by atoms with Crippen molar-refractivity contribution >= 4 is 0 Å². The Balaban J connectivity index is 2.55. The van der Waals surface area contributed by atoms with Crippen LogP contribution in [0.25, 0.3) is 0 Å². The molecule has 0 fully saturated rings. The Morgan fingerprint density at radius 3 is 2.33 bits per heavy atom. The van der Waals surface area contributed by atoms with Crippen LogP contribution in [0.2, 0.25) is 0 Å². The minimum atomic E-state index is 0.537. The second kappa shape index (κ2) is 2.83. The predicted octanol–water partition coefficient (Wildman–Crippen LogP) is 1.34. The van der Waals surface area contributed by atoms with Crippen molar-refractivity contribution in [3.05, 3.63) is 24.3 Å². The molecular formula is C8H13N. The Morgan fingerprint density at radius 1 is 1.22 bits per heavy atom. The molecule has 0 saturated heterocycles. The van der Waals surface area contributed by atoms with Gasteiger partial charge in [-0.15, -0.1) is 0 Å². The molecule has 0 saturated carbocycles. The number of likely N-dealkylation sites (N-methyl/N-ethyl adjacent to an activating group) is 1. The number of hydrogen-bond donors (Lipinski definition) is 1. The first kappa shape index (κ1) is 6.56. The number of hydrogen-bond acceptors (Lipinski definition) is 1. The minimum absolute atomic E-state index is 0.537. The van der Waals surface area contributed by atoms with Gasteiger partial charge in [0.2, 0.25) is 0 Å². The lowest BCUT2D eigenvalue weighted by molar-refractivity contribution is 0.539. The molecule has 1 aliphatic carbocycles. The maximum Gasteiger partial charge on any atom is 0.0310 e. The first-order chi connectivity index (χ1) is 4.34. The molecule has 0 aromatic heterocycles. The highest BCUT2D eigenvalue weighted by Crippen LogP contribution is 2.09. The van der Waals surface area contributed by atoms with Gasteiger partial charge in [-0.1, -0.05) is 31.2 Å². The molecule has 1 N–H and O–H groups in total. The minimum Gasteiger partial charge on any atom is -0.313 e. The summed E-state index contributed by atoms with van der Waals surface area (Å²) in [6.45, 7) is 2.21. The van der Waals surface area contributed by atoms with E-state index in [0.717, 1.165) is 0 Å². The van der Waals surface area contributed by atoms with Crippen LogP contribution < -0.4 is 5.32 Å². The second-order valence-electron chi connectivity index (χ2n) is 2.44. The fourth-order valence-corrected chi connectivity index (χ4v) is 1.08. The molecule has 0 spiro atoms.